The highest BCUT2D eigenvalue weighted by Gasteiger charge is 2.14. The number of amides is 5. The topological polar surface area (TPSA) is 209 Å². The molecule has 0 aromatic rings. The zero-order chi connectivity index (χ0) is 32.9. The Bertz CT molecular complexity index is 807. The number of carbonyl (C=O) groups is 6. The molecule has 0 spiro atoms. The Balaban J connectivity index is 0. The minimum atomic E-state index is -0.545. The quantitative estimate of drug-likeness (QED) is 0.0294. The summed E-state index contributed by atoms with van der Waals surface area (Å²) in [5.74, 6) is -2.02. The van der Waals surface area contributed by atoms with Crippen molar-refractivity contribution in [2.45, 2.75) is 90.4 Å². The van der Waals surface area contributed by atoms with Crippen LogP contribution in [0.15, 0.2) is 0 Å². The van der Waals surface area contributed by atoms with Crippen LogP contribution in [-0.2, 0) is 28.8 Å². The molecular formula is C27H53N6O9P. The number of hydrogen-bond donors (Lipinski definition) is 6. The smallest absolute Gasteiger partial charge is 0.246 e. The van der Waals surface area contributed by atoms with Gasteiger partial charge in [-0.2, -0.15) is 0 Å². The fourth-order valence-corrected chi connectivity index (χ4v) is 3.61. The monoisotopic (exact) mass is 636 g/mol. The molecule has 16 heteroatoms. The van der Waals surface area contributed by atoms with Crippen molar-refractivity contribution in [3.63, 3.8) is 0 Å². The van der Waals surface area contributed by atoms with Gasteiger partial charge in [0.1, 0.15) is 6.03 Å². The zero-order valence-electron chi connectivity index (χ0n) is 25.7. The highest BCUT2D eigenvalue weighted by Crippen LogP contribution is 2.03. The van der Waals surface area contributed by atoms with Crippen molar-refractivity contribution in [2.75, 3.05) is 46.3 Å². The van der Waals surface area contributed by atoms with Gasteiger partial charge in [0, 0.05) is 65.3 Å². The van der Waals surface area contributed by atoms with E-state index in [-0.39, 0.29) is 57.1 Å². The summed E-state index contributed by atoms with van der Waals surface area (Å²) in [4.78, 5) is 67.3. The summed E-state index contributed by atoms with van der Waals surface area (Å²) in [6.45, 7) is 3.58. The van der Waals surface area contributed by atoms with Crippen LogP contribution < -0.4 is 16.0 Å². The Hall–Kier alpha value is -2.71. The number of carbonyl (C=O) groups excluding carboxylic acids is 6. The summed E-state index contributed by atoms with van der Waals surface area (Å²) in [6.07, 6.45) is 6.14. The molecule has 0 aromatic heterocycles. The van der Waals surface area contributed by atoms with Gasteiger partial charge in [0.25, 0.3) is 0 Å². The van der Waals surface area contributed by atoms with E-state index in [4.69, 9.17) is 4.79 Å². The summed E-state index contributed by atoms with van der Waals surface area (Å²) in [6, 6.07) is 0.667. The lowest BCUT2D eigenvalue weighted by Crippen LogP contribution is -2.31. The summed E-state index contributed by atoms with van der Waals surface area (Å²) in [5, 5.41) is 39.2. The molecule has 0 heterocycles. The van der Waals surface area contributed by atoms with Gasteiger partial charge in [-0.25, -0.2) is 15.2 Å². The Labute approximate surface area is 257 Å². The van der Waals surface area contributed by atoms with E-state index < -0.39 is 17.7 Å². The van der Waals surface area contributed by atoms with E-state index in [0.717, 1.165) is 25.8 Å². The second kappa shape index (κ2) is 29.4. The van der Waals surface area contributed by atoms with Crippen molar-refractivity contribution in [1.82, 2.24) is 31.1 Å². The van der Waals surface area contributed by atoms with Crippen LogP contribution in [0.4, 0.5) is 0 Å². The molecule has 15 nitrogen and oxygen atoms in total. The molecule has 0 bridgehead atoms. The van der Waals surface area contributed by atoms with Gasteiger partial charge in [-0.3, -0.25) is 44.4 Å². The maximum Gasteiger partial charge on any atom is 0.246 e. The van der Waals surface area contributed by atoms with Gasteiger partial charge in [0.15, 0.2) is 0 Å². The van der Waals surface area contributed by atoms with Crippen LogP contribution >= 0.6 is 9.24 Å². The van der Waals surface area contributed by atoms with Gasteiger partial charge in [-0.1, -0.05) is 15.7 Å². The number of nitrogens with one attached hydrogen (secondary N) is 3. The molecule has 1 unspecified atom stereocenters. The molecule has 43 heavy (non-hydrogen) atoms. The predicted octanol–water partition coefficient (Wildman–Crippen LogP) is 1.23. The van der Waals surface area contributed by atoms with Gasteiger partial charge in [0.05, 0.1) is 0 Å². The molecule has 0 aromatic carbocycles. The molecule has 5 amide bonds. The van der Waals surface area contributed by atoms with Gasteiger partial charge in [-0.15, -0.1) is 0 Å². The van der Waals surface area contributed by atoms with Crippen LogP contribution in [0.5, 0.6) is 0 Å². The second-order valence-electron chi connectivity index (χ2n) is 9.80. The van der Waals surface area contributed by atoms with Crippen LogP contribution in [0.25, 0.3) is 0 Å². The van der Waals surface area contributed by atoms with Crippen molar-refractivity contribution in [1.29, 1.82) is 0 Å². The van der Waals surface area contributed by atoms with Gasteiger partial charge in [-0.05, 0) is 65.0 Å². The standard InChI is InChI=1S/C26H50N6O8.CH3OP/c1-22(33)30(38)19-9-4-7-17-28-23(34)13-15-26(37)32(40)21-11-5-8-18-29-24(35)12-14-25(36)31(39)20-10-3-6-16-27-2;2-1-3/h27,38-40H,3-21H2,1-2H3,(H,28,34)(H,29,35);1H,3H2. The van der Waals surface area contributed by atoms with E-state index in [1.54, 1.807) is 0 Å². The molecule has 0 aliphatic carbocycles. The number of rotatable bonds is 24. The van der Waals surface area contributed by atoms with Crippen LogP contribution in [0.1, 0.15) is 90.4 Å². The maximum absolute atomic E-state index is 12.0. The second-order valence-corrected chi connectivity index (χ2v) is 10.1. The third-order valence-corrected chi connectivity index (χ3v) is 6.11. The van der Waals surface area contributed by atoms with Gasteiger partial charge in [0.2, 0.25) is 29.5 Å². The number of hydrogen-bond acceptors (Lipinski definition) is 10. The number of nitrogens with zero attached hydrogens (tertiary/aromatic N) is 3. The lowest BCUT2D eigenvalue weighted by atomic mass is 10.2. The normalized spacial score (nSPS) is 10.2. The Morgan fingerprint density at radius 1 is 0.605 bits per heavy atom. The fourth-order valence-electron chi connectivity index (χ4n) is 3.61. The molecule has 250 valence electrons. The Kier molecular flexibility index (Phi) is 29.0. The van der Waals surface area contributed by atoms with Crippen molar-refractivity contribution in [2.24, 2.45) is 0 Å². The van der Waals surface area contributed by atoms with Crippen LogP contribution in [0.2, 0.25) is 0 Å². The molecule has 1 atom stereocenters. The molecule has 0 radical (unpaired) electrons. The first-order chi connectivity index (χ1) is 20.5. The fraction of sp³-hybridized carbons (Fsp3) is 0.778. The molecule has 0 rings (SSSR count). The highest BCUT2D eigenvalue weighted by molar-refractivity contribution is 7.36. The molecule has 0 aliphatic rings. The average Bonchev–Trinajstić information content (AvgIpc) is 2.97. The molecule has 6 N–H and O–H groups in total. The van der Waals surface area contributed by atoms with E-state index >= 15 is 0 Å². The van der Waals surface area contributed by atoms with Gasteiger partial charge >= 0.3 is 0 Å². The molecule has 0 saturated carbocycles. The summed E-state index contributed by atoms with van der Waals surface area (Å²) in [7, 11) is 3.77. The van der Waals surface area contributed by atoms with E-state index in [1.807, 2.05) is 16.3 Å². The Morgan fingerprint density at radius 2 is 0.953 bits per heavy atom. The van der Waals surface area contributed by atoms with Crippen LogP contribution in [-0.4, -0.2) is 113 Å². The first-order valence-corrected chi connectivity index (χ1v) is 15.5. The van der Waals surface area contributed by atoms with E-state index in [9.17, 15) is 39.6 Å². The predicted molar refractivity (Wildman–Crippen MR) is 163 cm³/mol. The van der Waals surface area contributed by atoms with E-state index in [0.29, 0.717) is 72.8 Å². The summed E-state index contributed by atoms with van der Waals surface area (Å²) in [5.41, 5.74) is 0. The first kappa shape index (κ1) is 42.4. The summed E-state index contributed by atoms with van der Waals surface area (Å²) < 4.78 is 0. The van der Waals surface area contributed by atoms with E-state index in [1.165, 1.54) is 6.92 Å². The molecule has 0 aliphatic heterocycles. The third-order valence-electron chi connectivity index (χ3n) is 6.11. The van der Waals surface area contributed by atoms with Crippen molar-refractivity contribution < 1.29 is 44.4 Å². The van der Waals surface area contributed by atoms with E-state index in [2.05, 4.69) is 16.0 Å². The highest BCUT2D eigenvalue weighted by atomic mass is 31.0. The average molecular weight is 637 g/mol. The maximum atomic E-state index is 12.0. The van der Waals surface area contributed by atoms with Crippen molar-refractivity contribution in [3.8, 4) is 0 Å². The lowest BCUT2D eigenvalue weighted by molar-refractivity contribution is -0.166. The first-order valence-electron chi connectivity index (χ1n) is 14.8. The lowest BCUT2D eigenvalue weighted by Gasteiger charge is -2.15. The minimum Gasteiger partial charge on any atom is -0.356 e. The zero-order valence-corrected chi connectivity index (χ0v) is 26.9. The summed E-state index contributed by atoms with van der Waals surface area (Å²) >= 11 is 0. The van der Waals surface area contributed by atoms with Crippen molar-refractivity contribution >= 4 is 44.8 Å². The molecule has 0 saturated heterocycles. The van der Waals surface area contributed by atoms with Crippen LogP contribution in [0.3, 0.4) is 0 Å². The Morgan fingerprint density at radius 3 is 1.30 bits per heavy atom. The largest absolute Gasteiger partial charge is 0.356 e. The van der Waals surface area contributed by atoms with Crippen molar-refractivity contribution in [3.05, 3.63) is 0 Å². The SMILES string of the molecule is CNCCCCCN(O)C(=O)CCC(=O)NCCCCCN(O)C(=O)CCC(=O)NCCCCCN(O)C(C)=O.O=CP. The number of hydroxylamine groups is 6. The third kappa shape index (κ3) is 27.9. The number of unbranched alkanes of at least 4 members (excludes halogenated alkanes) is 6. The van der Waals surface area contributed by atoms with Crippen LogP contribution in [0, 0.1) is 0 Å². The van der Waals surface area contributed by atoms with Gasteiger partial charge < -0.3 is 16.0 Å². The molecule has 0 fully saturated rings. The molecular weight excluding hydrogens is 583 g/mol. The minimum absolute atomic E-state index is 0.00821.